The molecule has 1 aliphatic rings. The van der Waals surface area contributed by atoms with Gasteiger partial charge in [-0.1, -0.05) is 37.3 Å². The lowest BCUT2D eigenvalue weighted by Gasteiger charge is -2.10. The molecule has 152 valence electrons. The molecule has 1 aliphatic heterocycles. The van der Waals surface area contributed by atoms with Crippen LogP contribution in [0.4, 0.5) is 5.69 Å². The van der Waals surface area contributed by atoms with Gasteiger partial charge in [0.25, 0.3) is 0 Å². The second-order valence-electron chi connectivity index (χ2n) is 6.76. The zero-order chi connectivity index (χ0) is 21.1. The Morgan fingerprint density at radius 2 is 1.90 bits per heavy atom. The van der Waals surface area contributed by atoms with Gasteiger partial charge in [-0.05, 0) is 30.2 Å². The van der Waals surface area contributed by atoms with Gasteiger partial charge in [0, 0.05) is 22.7 Å². The molecular formula is C23H19NO6. The number of anilines is 1. The van der Waals surface area contributed by atoms with E-state index in [2.05, 4.69) is 5.32 Å². The summed E-state index contributed by atoms with van der Waals surface area (Å²) in [6.45, 7) is 1.58. The van der Waals surface area contributed by atoms with Crippen molar-refractivity contribution in [2.75, 3.05) is 11.9 Å². The van der Waals surface area contributed by atoms with Crippen LogP contribution in [0.15, 0.2) is 75.3 Å². The first kappa shape index (κ1) is 19.4. The van der Waals surface area contributed by atoms with E-state index in [0.29, 0.717) is 22.2 Å². The minimum atomic E-state index is -0.817. The van der Waals surface area contributed by atoms with Gasteiger partial charge >= 0.3 is 11.6 Å². The monoisotopic (exact) mass is 405 g/mol. The largest absolute Gasteiger partial charge is 0.470 e. The molecule has 1 N–H and O–H groups in total. The molecule has 0 spiro atoms. The Hall–Kier alpha value is -3.87. The van der Waals surface area contributed by atoms with Gasteiger partial charge in [-0.25, -0.2) is 9.59 Å². The van der Waals surface area contributed by atoms with E-state index in [0.717, 1.165) is 12.0 Å². The van der Waals surface area contributed by atoms with Crippen LogP contribution >= 0.6 is 0 Å². The Labute approximate surface area is 171 Å². The number of ketones is 1. The first-order valence-electron chi connectivity index (χ1n) is 9.50. The molecule has 0 radical (unpaired) electrons. The lowest BCUT2D eigenvalue weighted by atomic mass is 10.1. The van der Waals surface area contributed by atoms with Crippen molar-refractivity contribution in [3.63, 3.8) is 0 Å². The molecule has 7 heteroatoms. The van der Waals surface area contributed by atoms with Crippen molar-refractivity contribution in [1.82, 2.24) is 0 Å². The summed E-state index contributed by atoms with van der Waals surface area (Å²) in [6, 6.07) is 15.9. The molecule has 0 fully saturated rings. The first-order valence-corrected chi connectivity index (χ1v) is 9.50. The Bertz CT molecular complexity index is 1210. The van der Waals surface area contributed by atoms with Crippen molar-refractivity contribution >= 4 is 28.4 Å². The van der Waals surface area contributed by atoms with Crippen LogP contribution in [0.3, 0.4) is 0 Å². The highest BCUT2D eigenvalue weighted by molar-refractivity contribution is 6.19. The van der Waals surface area contributed by atoms with E-state index in [9.17, 15) is 14.4 Å². The molecule has 2 heterocycles. The molecular weight excluding hydrogens is 386 g/mol. The fourth-order valence-electron chi connectivity index (χ4n) is 3.20. The lowest BCUT2D eigenvalue weighted by Crippen LogP contribution is -2.17. The third-order valence-electron chi connectivity index (χ3n) is 4.75. The number of hydrogen-bond donors (Lipinski definition) is 1. The van der Waals surface area contributed by atoms with Crippen molar-refractivity contribution in [2.24, 2.45) is 0 Å². The molecule has 3 aromatic rings. The molecule has 1 aromatic heterocycles. The lowest BCUT2D eigenvalue weighted by molar-refractivity contribution is -0.141. The zero-order valence-corrected chi connectivity index (χ0v) is 16.3. The van der Waals surface area contributed by atoms with Gasteiger partial charge in [0.15, 0.2) is 12.2 Å². The number of nitrogens with one attached hydrogen (secondary N) is 1. The average Bonchev–Trinajstić information content (AvgIpc) is 3.11. The summed E-state index contributed by atoms with van der Waals surface area (Å²) in [4.78, 5) is 36.7. The van der Waals surface area contributed by atoms with Gasteiger partial charge in [-0.15, -0.1) is 0 Å². The van der Waals surface area contributed by atoms with Crippen LogP contribution in [-0.4, -0.2) is 18.4 Å². The van der Waals surface area contributed by atoms with E-state index in [1.807, 2.05) is 37.3 Å². The minimum absolute atomic E-state index is 0.0567. The predicted octanol–water partition coefficient (Wildman–Crippen LogP) is 3.32. The molecule has 0 bridgehead atoms. The number of esters is 1. The summed E-state index contributed by atoms with van der Waals surface area (Å²) < 4.78 is 15.9. The van der Waals surface area contributed by atoms with E-state index >= 15 is 0 Å². The maximum atomic E-state index is 12.6. The molecule has 30 heavy (non-hydrogen) atoms. The summed E-state index contributed by atoms with van der Waals surface area (Å²) in [6.07, 6.45) is 0.798. The number of benzene rings is 2. The Kier molecular flexibility index (Phi) is 5.34. The van der Waals surface area contributed by atoms with Crippen LogP contribution in [0, 0.1) is 0 Å². The molecule has 2 aromatic carbocycles. The van der Waals surface area contributed by atoms with E-state index in [4.69, 9.17) is 13.9 Å². The normalized spacial score (nSPS) is 13.4. The second-order valence-corrected chi connectivity index (χ2v) is 6.76. The van der Waals surface area contributed by atoms with E-state index in [1.165, 1.54) is 6.07 Å². The number of hydrogen-bond acceptors (Lipinski definition) is 7. The van der Waals surface area contributed by atoms with E-state index in [-0.39, 0.29) is 24.7 Å². The van der Waals surface area contributed by atoms with Crippen LogP contribution in [0.1, 0.15) is 18.1 Å². The number of ether oxygens (including phenoxy) is 2. The highest BCUT2D eigenvalue weighted by atomic mass is 16.5. The number of aryl methyl sites for hydroxylation is 1. The standard InChI is InChI=1S/C23H19NO6/c1-2-14-8-9-17-15(11-20(26)30-19(17)10-14)12-29-23(27)21-18(25)13-28-22(21)24-16-6-4-3-5-7-16/h3-11,24H,2,12-13H2,1H3. The van der Waals surface area contributed by atoms with Crippen LogP contribution in [0.5, 0.6) is 0 Å². The van der Waals surface area contributed by atoms with Gasteiger partial charge < -0.3 is 19.2 Å². The molecule has 0 aliphatic carbocycles. The molecule has 0 saturated carbocycles. The molecule has 0 saturated heterocycles. The van der Waals surface area contributed by atoms with E-state index in [1.54, 1.807) is 18.2 Å². The molecule has 0 amide bonds. The predicted molar refractivity (Wildman–Crippen MR) is 110 cm³/mol. The highest BCUT2D eigenvalue weighted by Gasteiger charge is 2.32. The molecule has 7 nitrogen and oxygen atoms in total. The maximum Gasteiger partial charge on any atom is 0.347 e. The zero-order valence-electron chi connectivity index (χ0n) is 16.3. The van der Waals surface area contributed by atoms with Gasteiger partial charge in [0.05, 0.1) is 0 Å². The number of fused-ring (bicyclic) bond motifs is 1. The SMILES string of the molecule is CCc1ccc2c(COC(=O)C3=C(Nc4ccccc4)OCC3=O)cc(=O)oc2c1. The van der Waals surface area contributed by atoms with Gasteiger partial charge in [-0.3, -0.25) is 4.79 Å². The van der Waals surface area contributed by atoms with Crippen LogP contribution in [0.25, 0.3) is 11.0 Å². The van der Waals surface area contributed by atoms with Crippen LogP contribution in [0.2, 0.25) is 0 Å². The maximum absolute atomic E-state index is 12.6. The number of Topliss-reactive ketones (excluding diaryl/α,β-unsaturated/α-hetero) is 1. The summed E-state index contributed by atoms with van der Waals surface area (Å²) >= 11 is 0. The van der Waals surface area contributed by atoms with Gasteiger partial charge in [0.2, 0.25) is 11.7 Å². The van der Waals surface area contributed by atoms with Crippen molar-refractivity contribution in [3.05, 3.63) is 87.6 Å². The molecule has 4 rings (SSSR count). The van der Waals surface area contributed by atoms with Crippen LogP contribution in [-0.2, 0) is 32.1 Å². The summed E-state index contributed by atoms with van der Waals surface area (Å²) in [5, 5.41) is 3.59. The number of carbonyl (C=O) groups is 2. The van der Waals surface area contributed by atoms with Crippen molar-refractivity contribution < 1.29 is 23.5 Å². The quantitative estimate of drug-likeness (QED) is 0.382. The summed E-state index contributed by atoms with van der Waals surface area (Å²) in [7, 11) is 0. The highest BCUT2D eigenvalue weighted by Crippen LogP contribution is 2.23. The van der Waals surface area contributed by atoms with E-state index < -0.39 is 17.4 Å². The summed E-state index contributed by atoms with van der Waals surface area (Å²) in [5.41, 5.74) is 1.91. The fourth-order valence-corrected chi connectivity index (χ4v) is 3.20. The molecule has 0 atom stereocenters. The fraction of sp³-hybridized carbons (Fsp3) is 0.174. The number of rotatable bonds is 6. The number of carbonyl (C=O) groups excluding carboxylic acids is 2. The topological polar surface area (TPSA) is 94.8 Å². The Balaban J connectivity index is 1.57. The smallest absolute Gasteiger partial charge is 0.347 e. The van der Waals surface area contributed by atoms with Crippen molar-refractivity contribution in [3.8, 4) is 0 Å². The third kappa shape index (κ3) is 3.96. The Morgan fingerprint density at radius 1 is 1.10 bits per heavy atom. The number of para-hydroxylation sites is 1. The first-order chi connectivity index (χ1) is 14.5. The minimum Gasteiger partial charge on any atom is -0.470 e. The van der Waals surface area contributed by atoms with Gasteiger partial charge in [-0.2, -0.15) is 0 Å². The van der Waals surface area contributed by atoms with Gasteiger partial charge in [0.1, 0.15) is 12.2 Å². The average molecular weight is 405 g/mol. The Morgan fingerprint density at radius 3 is 2.67 bits per heavy atom. The third-order valence-corrected chi connectivity index (χ3v) is 4.75. The second kappa shape index (κ2) is 8.24. The van der Waals surface area contributed by atoms with Crippen molar-refractivity contribution in [1.29, 1.82) is 0 Å². The molecule has 0 unspecified atom stereocenters. The van der Waals surface area contributed by atoms with Crippen molar-refractivity contribution in [2.45, 2.75) is 20.0 Å². The van der Waals surface area contributed by atoms with Crippen LogP contribution < -0.4 is 10.9 Å². The summed E-state index contributed by atoms with van der Waals surface area (Å²) in [5.74, 6) is -1.23.